The van der Waals surface area contributed by atoms with Crippen LogP contribution in [0.4, 0.5) is 0 Å². The molecule has 0 aliphatic heterocycles. The fourth-order valence-corrected chi connectivity index (χ4v) is 2.96. The molecule has 17 heteroatoms. The van der Waals surface area contributed by atoms with Crippen LogP contribution in [0.1, 0.15) is 38.5 Å². The monoisotopic (exact) mass is 552 g/mol. The average Bonchev–Trinajstić information content (AvgIpc) is 2.88. The Morgan fingerprint density at radius 2 is 1.32 bits per heavy atom. The summed E-state index contributed by atoms with van der Waals surface area (Å²) >= 11 is 0. The standard InChI is InChI=1S/C21H36N4O13/c22-11(2-6-17(33)34)20(37)25-12(21(38)24-10(8-26)1-5-16(31)32)3-4-15(30)23-7-13(28)18(35)19(36)14(29)9-27/h8,10-14,18-19,27-29,35-36H,1-7,9,22H2,(H,23,30)(H,24,38)(H,25,37)(H,31,32)(H,33,34). The summed E-state index contributed by atoms with van der Waals surface area (Å²) in [5, 5.41) is 71.5. The minimum Gasteiger partial charge on any atom is -0.481 e. The topological polar surface area (TPSA) is 306 Å². The maximum Gasteiger partial charge on any atom is 0.303 e. The molecule has 3 amide bonds. The second kappa shape index (κ2) is 18.1. The molecule has 0 aromatic heterocycles. The van der Waals surface area contributed by atoms with Crippen LogP contribution in [-0.2, 0) is 28.8 Å². The first kappa shape index (κ1) is 34.8. The van der Waals surface area contributed by atoms with Crippen molar-refractivity contribution in [3.8, 4) is 0 Å². The molecule has 0 aromatic carbocycles. The summed E-state index contributed by atoms with van der Waals surface area (Å²) in [7, 11) is 0. The highest BCUT2D eigenvalue weighted by Gasteiger charge is 2.31. The third-order valence-corrected chi connectivity index (χ3v) is 5.29. The van der Waals surface area contributed by atoms with E-state index in [2.05, 4.69) is 16.0 Å². The number of carbonyl (C=O) groups is 6. The lowest BCUT2D eigenvalue weighted by Crippen LogP contribution is -2.54. The van der Waals surface area contributed by atoms with E-state index in [1.807, 2.05) is 0 Å². The van der Waals surface area contributed by atoms with Gasteiger partial charge in [0.15, 0.2) is 0 Å². The molecule has 38 heavy (non-hydrogen) atoms. The highest BCUT2D eigenvalue weighted by Crippen LogP contribution is 2.06. The van der Waals surface area contributed by atoms with Gasteiger partial charge < -0.3 is 62.2 Å². The quantitative estimate of drug-likeness (QED) is 0.0628. The van der Waals surface area contributed by atoms with Crippen molar-refractivity contribution in [3.05, 3.63) is 0 Å². The number of carbonyl (C=O) groups excluding carboxylic acids is 4. The van der Waals surface area contributed by atoms with Gasteiger partial charge in [0.05, 0.1) is 24.8 Å². The normalized spacial score (nSPS) is 16.6. The number of rotatable bonds is 20. The Balaban J connectivity index is 5.19. The number of amides is 3. The molecule has 0 radical (unpaired) electrons. The SMILES string of the molecule is NC(CCC(=O)O)C(=O)NC(CCC(=O)NCC(O)C(O)C(O)C(O)CO)C(=O)NC(C=O)CCC(=O)O. The average molecular weight is 553 g/mol. The van der Waals surface area contributed by atoms with Gasteiger partial charge in [-0.15, -0.1) is 0 Å². The molecular weight excluding hydrogens is 516 g/mol. The zero-order valence-corrected chi connectivity index (χ0v) is 20.4. The Labute approximate surface area is 217 Å². The molecule has 7 unspecified atom stereocenters. The Morgan fingerprint density at radius 1 is 0.763 bits per heavy atom. The second-order valence-electron chi connectivity index (χ2n) is 8.42. The summed E-state index contributed by atoms with van der Waals surface area (Å²) in [4.78, 5) is 69.8. The number of nitrogens with one attached hydrogen (secondary N) is 3. The van der Waals surface area contributed by atoms with Crippen LogP contribution in [-0.4, -0.2) is 127 Å². The first-order valence-corrected chi connectivity index (χ1v) is 11.6. The Morgan fingerprint density at radius 3 is 1.84 bits per heavy atom. The van der Waals surface area contributed by atoms with Crippen molar-refractivity contribution in [3.63, 3.8) is 0 Å². The van der Waals surface area contributed by atoms with Crippen LogP contribution in [0.15, 0.2) is 0 Å². The largest absolute Gasteiger partial charge is 0.481 e. The molecule has 7 atom stereocenters. The van der Waals surface area contributed by atoms with Gasteiger partial charge in [0, 0.05) is 25.8 Å². The fraction of sp³-hybridized carbons (Fsp3) is 0.714. The molecule has 0 saturated heterocycles. The summed E-state index contributed by atoms with van der Waals surface area (Å²) in [6.07, 6.45) is -9.24. The zero-order valence-electron chi connectivity index (χ0n) is 20.4. The van der Waals surface area contributed by atoms with Crippen molar-refractivity contribution in [1.82, 2.24) is 16.0 Å². The molecule has 0 rings (SSSR count). The highest BCUT2D eigenvalue weighted by molar-refractivity contribution is 5.91. The van der Waals surface area contributed by atoms with E-state index in [4.69, 9.17) is 21.1 Å². The summed E-state index contributed by atoms with van der Waals surface area (Å²) < 4.78 is 0. The number of hydrogen-bond acceptors (Lipinski definition) is 12. The maximum absolute atomic E-state index is 12.7. The molecule has 0 aliphatic carbocycles. The van der Waals surface area contributed by atoms with E-state index in [9.17, 15) is 49.2 Å². The van der Waals surface area contributed by atoms with Crippen LogP contribution in [0.25, 0.3) is 0 Å². The van der Waals surface area contributed by atoms with E-state index in [0.29, 0.717) is 6.29 Å². The first-order chi connectivity index (χ1) is 17.7. The highest BCUT2D eigenvalue weighted by atomic mass is 16.4. The van der Waals surface area contributed by atoms with E-state index in [1.165, 1.54) is 0 Å². The summed E-state index contributed by atoms with van der Waals surface area (Å²) in [5.41, 5.74) is 5.63. The Bertz CT molecular complexity index is 812. The number of aliphatic hydroxyl groups is 5. The predicted octanol–water partition coefficient (Wildman–Crippen LogP) is -5.46. The molecule has 0 aromatic rings. The maximum atomic E-state index is 12.7. The van der Waals surface area contributed by atoms with Gasteiger partial charge in [-0.3, -0.25) is 24.0 Å². The van der Waals surface area contributed by atoms with E-state index in [0.717, 1.165) is 0 Å². The Hall–Kier alpha value is -3.22. The second-order valence-corrected chi connectivity index (χ2v) is 8.42. The van der Waals surface area contributed by atoms with Crippen LogP contribution in [0, 0.1) is 0 Å². The van der Waals surface area contributed by atoms with Crippen molar-refractivity contribution in [2.75, 3.05) is 13.2 Å². The number of hydrogen-bond donors (Lipinski definition) is 11. The number of aliphatic hydroxyl groups excluding tert-OH is 5. The van der Waals surface area contributed by atoms with Crippen LogP contribution in [0.2, 0.25) is 0 Å². The van der Waals surface area contributed by atoms with Gasteiger partial charge >= 0.3 is 11.9 Å². The first-order valence-electron chi connectivity index (χ1n) is 11.6. The number of carboxylic acids is 2. The van der Waals surface area contributed by atoms with Crippen molar-refractivity contribution < 1.29 is 64.5 Å². The molecule has 0 aliphatic rings. The van der Waals surface area contributed by atoms with Gasteiger partial charge in [-0.05, 0) is 19.3 Å². The molecule has 0 heterocycles. The molecule has 0 fully saturated rings. The van der Waals surface area contributed by atoms with Gasteiger partial charge in [-0.25, -0.2) is 0 Å². The lowest BCUT2D eigenvalue weighted by Gasteiger charge is -2.26. The van der Waals surface area contributed by atoms with Gasteiger partial charge in [-0.1, -0.05) is 0 Å². The molecule has 218 valence electrons. The van der Waals surface area contributed by atoms with Gasteiger partial charge in [0.1, 0.15) is 30.6 Å². The summed E-state index contributed by atoms with van der Waals surface area (Å²) in [5.74, 6) is -5.08. The van der Waals surface area contributed by atoms with Gasteiger partial charge in [0.2, 0.25) is 17.7 Å². The lowest BCUT2D eigenvalue weighted by molar-refractivity contribution is -0.138. The number of nitrogens with two attached hydrogens (primary N) is 1. The molecule has 17 nitrogen and oxygen atoms in total. The Kier molecular flexibility index (Phi) is 16.6. The third-order valence-electron chi connectivity index (χ3n) is 5.29. The molecule has 0 saturated carbocycles. The van der Waals surface area contributed by atoms with E-state index in [1.54, 1.807) is 0 Å². The van der Waals surface area contributed by atoms with Crippen LogP contribution in [0.5, 0.6) is 0 Å². The minimum atomic E-state index is -1.92. The molecular formula is C21H36N4O13. The van der Waals surface area contributed by atoms with Crippen LogP contribution < -0.4 is 21.7 Å². The molecule has 12 N–H and O–H groups in total. The molecule has 0 bridgehead atoms. The van der Waals surface area contributed by atoms with E-state index < -0.39 is 105 Å². The zero-order chi connectivity index (χ0) is 29.4. The van der Waals surface area contributed by atoms with Crippen molar-refractivity contribution >= 4 is 35.9 Å². The third kappa shape index (κ3) is 13.9. The smallest absolute Gasteiger partial charge is 0.303 e. The van der Waals surface area contributed by atoms with E-state index >= 15 is 0 Å². The van der Waals surface area contributed by atoms with Crippen molar-refractivity contribution in [2.24, 2.45) is 5.73 Å². The number of aliphatic carboxylic acids is 2. The van der Waals surface area contributed by atoms with Gasteiger partial charge in [0.25, 0.3) is 0 Å². The fourth-order valence-electron chi connectivity index (χ4n) is 2.96. The molecule has 0 spiro atoms. The number of carboxylic acid groups (broad SMARTS) is 2. The summed E-state index contributed by atoms with van der Waals surface area (Å²) in [6, 6.07) is -3.99. The van der Waals surface area contributed by atoms with E-state index in [-0.39, 0.29) is 19.3 Å². The van der Waals surface area contributed by atoms with Crippen LogP contribution >= 0.6 is 0 Å². The lowest BCUT2D eigenvalue weighted by atomic mass is 10.0. The van der Waals surface area contributed by atoms with Crippen LogP contribution in [0.3, 0.4) is 0 Å². The van der Waals surface area contributed by atoms with Crippen molar-refractivity contribution in [2.45, 2.75) is 81.1 Å². The van der Waals surface area contributed by atoms with Gasteiger partial charge in [-0.2, -0.15) is 0 Å². The predicted molar refractivity (Wildman–Crippen MR) is 125 cm³/mol. The minimum absolute atomic E-state index is 0.249. The number of aldehydes is 1. The van der Waals surface area contributed by atoms with Crippen molar-refractivity contribution in [1.29, 1.82) is 0 Å². The summed E-state index contributed by atoms with van der Waals surface area (Å²) in [6.45, 7) is -1.49.